The van der Waals surface area contributed by atoms with E-state index >= 15 is 0 Å². The molecule has 10 heteroatoms. The summed E-state index contributed by atoms with van der Waals surface area (Å²) >= 11 is 1.19. The fraction of sp³-hybridized carbons (Fsp3) is 0.400. The van der Waals surface area contributed by atoms with Crippen LogP contribution in [-0.2, 0) is 26.2 Å². The molecule has 3 heterocycles. The molecule has 2 aliphatic rings. The van der Waals surface area contributed by atoms with Gasteiger partial charge in [-0.3, -0.25) is 9.59 Å². The molecule has 0 atom stereocenters. The smallest absolute Gasteiger partial charge is 0.312 e. The number of sulfonamides is 1. The van der Waals surface area contributed by atoms with Crippen LogP contribution >= 0.6 is 11.3 Å². The van der Waals surface area contributed by atoms with Crippen molar-refractivity contribution in [2.75, 3.05) is 26.2 Å². The SMILES string of the molecule is O=C1C(=O)N(C2CCN(S(=O)(=O)c3cccs3)CC2)CCN1Cc1cccc(F)c1. The zero-order chi connectivity index (χ0) is 21.3. The highest BCUT2D eigenvalue weighted by atomic mass is 32.2. The summed E-state index contributed by atoms with van der Waals surface area (Å²) < 4.78 is 40.5. The first-order valence-corrected chi connectivity index (χ1v) is 12.1. The number of amides is 2. The van der Waals surface area contributed by atoms with Crippen molar-refractivity contribution in [2.24, 2.45) is 0 Å². The second-order valence-corrected chi connectivity index (χ2v) is 10.5. The number of hydrogen-bond donors (Lipinski definition) is 0. The standard InChI is InChI=1S/C20H22FN3O4S2/c21-16-4-1-3-15(13-16)14-22-10-11-24(20(26)19(22)25)17-6-8-23(9-7-17)30(27,28)18-5-2-12-29-18/h1-5,12-13,17H,6-11,14H2. The van der Waals surface area contributed by atoms with Crippen LogP contribution in [-0.4, -0.2) is 66.6 Å². The van der Waals surface area contributed by atoms with Gasteiger partial charge in [0.05, 0.1) is 0 Å². The number of thiophene rings is 1. The van der Waals surface area contributed by atoms with Gasteiger partial charge in [-0.1, -0.05) is 18.2 Å². The van der Waals surface area contributed by atoms with Crippen LogP contribution < -0.4 is 0 Å². The molecule has 0 aliphatic carbocycles. The second-order valence-electron chi connectivity index (χ2n) is 7.42. The maximum absolute atomic E-state index is 13.4. The van der Waals surface area contributed by atoms with Crippen LogP contribution in [0.1, 0.15) is 18.4 Å². The summed E-state index contributed by atoms with van der Waals surface area (Å²) in [6.45, 7) is 1.58. The number of piperazine rings is 1. The van der Waals surface area contributed by atoms with Crippen LogP contribution in [0.15, 0.2) is 46.0 Å². The Labute approximate surface area is 178 Å². The van der Waals surface area contributed by atoms with E-state index in [2.05, 4.69) is 0 Å². The Morgan fingerprint density at radius 2 is 1.77 bits per heavy atom. The van der Waals surface area contributed by atoms with Crippen molar-refractivity contribution in [3.8, 4) is 0 Å². The topological polar surface area (TPSA) is 78.0 Å². The molecule has 0 radical (unpaired) electrons. The highest BCUT2D eigenvalue weighted by Crippen LogP contribution is 2.27. The van der Waals surface area contributed by atoms with Crippen molar-refractivity contribution in [1.29, 1.82) is 0 Å². The molecule has 0 spiro atoms. The van der Waals surface area contributed by atoms with Gasteiger partial charge in [0.15, 0.2) is 0 Å². The van der Waals surface area contributed by atoms with E-state index in [1.165, 1.54) is 32.7 Å². The molecular weight excluding hydrogens is 429 g/mol. The lowest BCUT2D eigenvalue weighted by Crippen LogP contribution is -2.58. The molecule has 2 aliphatic heterocycles. The van der Waals surface area contributed by atoms with Crippen molar-refractivity contribution in [1.82, 2.24) is 14.1 Å². The number of carbonyl (C=O) groups excluding carboxylic acids is 2. The molecule has 4 rings (SSSR count). The summed E-state index contributed by atoms with van der Waals surface area (Å²) in [5.41, 5.74) is 0.636. The molecule has 2 saturated heterocycles. The van der Waals surface area contributed by atoms with E-state index in [1.54, 1.807) is 34.5 Å². The summed E-state index contributed by atoms with van der Waals surface area (Å²) in [5, 5.41) is 1.73. The van der Waals surface area contributed by atoms with Gasteiger partial charge in [-0.15, -0.1) is 11.3 Å². The van der Waals surface area contributed by atoms with Gasteiger partial charge in [0.2, 0.25) is 0 Å². The molecule has 1 aromatic heterocycles. The maximum atomic E-state index is 13.4. The number of hydrogen-bond acceptors (Lipinski definition) is 5. The third-order valence-corrected chi connectivity index (χ3v) is 8.83. The number of benzene rings is 1. The molecule has 0 unspecified atom stereocenters. The molecule has 2 aromatic rings. The largest absolute Gasteiger partial charge is 0.330 e. The van der Waals surface area contributed by atoms with Gasteiger partial charge in [0, 0.05) is 38.8 Å². The quantitative estimate of drug-likeness (QED) is 0.651. The highest BCUT2D eigenvalue weighted by Gasteiger charge is 2.39. The first-order chi connectivity index (χ1) is 14.4. The summed E-state index contributed by atoms with van der Waals surface area (Å²) in [6.07, 6.45) is 0.987. The van der Waals surface area contributed by atoms with Crippen molar-refractivity contribution in [3.63, 3.8) is 0 Å². The lowest BCUT2D eigenvalue weighted by atomic mass is 10.0. The van der Waals surface area contributed by atoms with E-state index in [1.807, 2.05) is 0 Å². The molecule has 2 amide bonds. The Hall–Kier alpha value is -2.30. The van der Waals surface area contributed by atoms with Crippen LogP contribution in [0, 0.1) is 5.82 Å². The van der Waals surface area contributed by atoms with Crippen LogP contribution in [0.4, 0.5) is 4.39 Å². The van der Waals surface area contributed by atoms with E-state index in [0.29, 0.717) is 48.8 Å². The monoisotopic (exact) mass is 451 g/mol. The Balaban J connectivity index is 1.36. The molecule has 30 heavy (non-hydrogen) atoms. The first-order valence-electron chi connectivity index (χ1n) is 9.74. The minimum Gasteiger partial charge on any atom is -0.330 e. The minimum atomic E-state index is -3.50. The number of rotatable bonds is 5. The number of halogens is 1. The third kappa shape index (κ3) is 4.12. The fourth-order valence-corrected chi connectivity index (χ4v) is 6.59. The highest BCUT2D eigenvalue weighted by molar-refractivity contribution is 7.91. The van der Waals surface area contributed by atoms with Gasteiger partial charge in [-0.25, -0.2) is 12.8 Å². The predicted molar refractivity (Wildman–Crippen MR) is 110 cm³/mol. The van der Waals surface area contributed by atoms with E-state index in [0.717, 1.165) is 0 Å². The normalized spacial score (nSPS) is 19.5. The Bertz CT molecular complexity index is 1030. The summed E-state index contributed by atoms with van der Waals surface area (Å²) in [5.74, 6) is -1.55. The molecule has 0 saturated carbocycles. The van der Waals surface area contributed by atoms with Gasteiger partial charge in [0.1, 0.15) is 10.0 Å². The second kappa shape index (κ2) is 8.44. The molecule has 1 aromatic carbocycles. The van der Waals surface area contributed by atoms with Gasteiger partial charge in [0.25, 0.3) is 10.0 Å². The Morgan fingerprint density at radius 3 is 2.43 bits per heavy atom. The average molecular weight is 452 g/mol. The van der Waals surface area contributed by atoms with Gasteiger partial charge in [-0.2, -0.15) is 4.31 Å². The van der Waals surface area contributed by atoms with Crippen LogP contribution in [0.25, 0.3) is 0 Å². The van der Waals surface area contributed by atoms with E-state index in [4.69, 9.17) is 0 Å². The number of carbonyl (C=O) groups is 2. The Morgan fingerprint density at radius 1 is 1.00 bits per heavy atom. The number of piperidine rings is 1. The zero-order valence-corrected chi connectivity index (χ0v) is 17.9. The molecule has 7 nitrogen and oxygen atoms in total. The minimum absolute atomic E-state index is 0.160. The van der Waals surface area contributed by atoms with Crippen molar-refractivity contribution in [2.45, 2.75) is 29.6 Å². The summed E-state index contributed by atoms with van der Waals surface area (Å²) in [7, 11) is -3.50. The maximum Gasteiger partial charge on any atom is 0.312 e. The lowest BCUT2D eigenvalue weighted by Gasteiger charge is -2.41. The van der Waals surface area contributed by atoms with Crippen LogP contribution in [0.2, 0.25) is 0 Å². The molecule has 2 fully saturated rings. The van der Waals surface area contributed by atoms with Gasteiger partial charge in [-0.05, 0) is 42.0 Å². The molecule has 160 valence electrons. The first kappa shape index (κ1) is 21.0. The van der Waals surface area contributed by atoms with Gasteiger partial charge >= 0.3 is 11.8 Å². The van der Waals surface area contributed by atoms with Crippen molar-refractivity contribution >= 4 is 33.2 Å². The summed E-state index contributed by atoms with van der Waals surface area (Å²) in [6, 6.07) is 9.12. The van der Waals surface area contributed by atoms with E-state index in [-0.39, 0.29) is 18.4 Å². The molecule has 0 N–H and O–H groups in total. The van der Waals surface area contributed by atoms with E-state index < -0.39 is 21.8 Å². The molecular formula is C20H22FN3O4S2. The van der Waals surface area contributed by atoms with Crippen LogP contribution in [0.3, 0.4) is 0 Å². The predicted octanol–water partition coefficient (Wildman–Crippen LogP) is 1.91. The van der Waals surface area contributed by atoms with Crippen molar-refractivity contribution < 1.29 is 22.4 Å². The van der Waals surface area contributed by atoms with Crippen LogP contribution in [0.5, 0.6) is 0 Å². The summed E-state index contributed by atoms with van der Waals surface area (Å²) in [4.78, 5) is 28.3. The lowest BCUT2D eigenvalue weighted by molar-refractivity contribution is -0.158. The Kier molecular flexibility index (Phi) is 5.90. The average Bonchev–Trinajstić information content (AvgIpc) is 3.28. The fourth-order valence-electron chi connectivity index (χ4n) is 3.98. The van der Waals surface area contributed by atoms with Crippen molar-refractivity contribution in [3.05, 3.63) is 53.2 Å². The zero-order valence-electron chi connectivity index (χ0n) is 16.2. The molecule has 0 bridgehead atoms. The third-order valence-electron chi connectivity index (χ3n) is 5.56. The van der Waals surface area contributed by atoms with E-state index in [9.17, 15) is 22.4 Å². The van der Waals surface area contributed by atoms with Gasteiger partial charge < -0.3 is 9.80 Å². The number of nitrogens with zero attached hydrogens (tertiary/aromatic N) is 3.